The van der Waals surface area contributed by atoms with E-state index in [2.05, 4.69) is 0 Å². The Hall–Kier alpha value is -2.50. The van der Waals surface area contributed by atoms with Crippen LogP contribution in [0.25, 0.3) is 16.3 Å². The van der Waals surface area contributed by atoms with Crippen molar-refractivity contribution in [1.82, 2.24) is 4.40 Å². The molecule has 3 rings (SSSR count). The molecule has 0 saturated heterocycles. The minimum Gasteiger partial charge on any atom is -0.461 e. The van der Waals surface area contributed by atoms with Crippen molar-refractivity contribution in [3.63, 3.8) is 0 Å². The summed E-state index contributed by atoms with van der Waals surface area (Å²) in [4.78, 5) is 11.9. The number of esters is 1. The van der Waals surface area contributed by atoms with E-state index < -0.39 is 17.7 Å². The Morgan fingerprint density at radius 1 is 1.23 bits per heavy atom. The smallest absolute Gasteiger partial charge is 0.418 e. The third-order valence-corrected chi connectivity index (χ3v) is 3.45. The second kappa shape index (κ2) is 5.05. The van der Waals surface area contributed by atoms with Crippen LogP contribution in [-0.2, 0) is 10.9 Å². The van der Waals surface area contributed by atoms with Crippen LogP contribution in [0.15, 0.2) is 42.6 Å². The molecule has 6 heteroatoms. The van der Waals surface area contributed by atoms with Crippen LogP contribution >= 0.6 is 0 Å². The first-order valence-electron chi connectivity index (χ1n) is 6.70. The molecular weight excluding hydrogens is 295 g/mol. The predicted octanol–water partition coefficient (Wildman–Crippen LogP) is 4.29. The molecule has 0 bridgehead atoms. The molecule has 0 spiro atoms. The Morgan fingerprint density at radius 3 is 2.64 bits per heavy atom. The van der Waals surface area contributed by atoms with Crippen LogP contribution in [-0.4, -0.2) is 17.0 Å². The van der Waals surface area contributed by atoms with Crippen LogP contribution in [0.3, 0.4) is 0 Å². The van der Waals surface area contributed by atoms with Gasteiger partial charge in [-0.3, -0.25) is 0 Å². The van der Waals surface area contributed by atoms with E-state index in [0.29, 0.717) is 10.8 Å². The molecule has 2 heterocycles. The summed E-state index contributed by atoms with van der Waals surface area (Å²) in [5, 5.41) is 1.11. The van der Waals surface area contributed by atoms with Crippen molar-refractivity contribution in [2.75, 3.05) is 6.61 Å². The Morgan fingerprint density at radius 2 is 1.95 bits per heavy atom. The second-order valence-electron chi connectivity index (χ2n) is 4.78. The van der Waals surface area contributed by atoms with Crippen molar-refractivity contribution >= 4 is 22.3 Å². The van der Waals surface area contributed by atoms with Gasteiger partial charge in [0.05, 0.1) is 17.7 Å². The molecule has 22 heavy (non-hydrogen) atoms. The maximum absolute atomic E-state index is 13.3. The van der Waals surface area contributed by atoms with Gasteiger partial charge in [-0.05, 0) is 24.4 Å². The first kappa shape index (κ1) is 14.4. The van der Waals surface area contributed by atoms with Gasteiger partial charge >= 0.3 is 12.1 Å². The number of pyridine rings is 1. The summed E-state index contributed by atoms with van der Waals surface area (Å²) in [7, 11) is 0. The summed E-state index contributed by atoms with van der Waals surface area (Å²) < 4.78 is 46.1. The molecular formula is C16H12F3NO2. The topological polar surface area (TPSA) is 30.7 Å². The van der Waals surface area contributed by atoms with E-state index in [1.807, 2.05) is 0 Å². The second-order valence-corrected chi connectivity index (χ2v) is 4.78. The highest BCUT2D eigenvalue weighted by Gasteiger charge is 2.36. The number of rotatable bonds is 2. The summed E-state index contributed by atoms with van der Waals surface area (Å²) in [5.74, 6) is -0.775. The molecule has 0 aliphatic heterocycles. The zero-order chi connectivity index (χ0) is 15.9. The normalized spacial score (nSPS) is 12.0. The number of hydrogen-bond acceptors (Lipinski definition) is 2. The molecule has 0 aliphatic carbocycles. The van der Waals surface area contributed by atoms with E-state index in [0.717, 1.165) is 6.07 Å². The minimum absolute atomic E-state index is 0.0337. The molecule has 3 aromatic rings. The van der Waals surface area contributed by atoms with Gasteiger partial charge in [0.15, 0.2) is 0 Å². The maximum atomic E-state index is 13.3. The van der Waals surface area contributed by atoms with Gasteiger partial charge in [0.25, 0.3) is 0 Å². The van der Waals surface area contributed by atoms with E-state index >= 15 is 0 Å². The van der Waals surface area contributed by atoms with Crippen molar-refractivity contribution in [3.8, 4) is 0 Å². The number of fused-ring (bicyclic) bond motifs is 3. The van der Waals surface area contributed by atoms with E-state index in [1.165, 1.54) is 10.6 Å². The van der Waals surface area contributed by atoms with E-state index in [1.54, 1.807) is 37.3 Å². The zero-order valence-corrected chi connectivity index (χ0v) is 11.6. The summed E-state index contributed by atoms with van der Waals surface area (Å²) >= 11 is 0. The summed E-state index contributed by atoms with van der Waals surface area (Å²) in [6.45, 7) is 1.70. The predicted molar refractivity (Wildman–Crippen MR) is 75.9 cm³/mol. The number of halogens is 3. The van der Waals surface area contributed by atoms with Crippen molar-refractivity contribution in [2.45, 2.75) is 13.1 Å². The fraction of sp³-hybridized carbons (Fsp3) is 0.188. The molecule has 2 aromatic heterocycles. The fourth-order valence-electron chi connectivity index (χ4n) is 2.55. The number of aromatic nitrogens is 1. The van der Waals surface area contributed by atoms with Crippen molar-refractivity contribution < 1.29 is 22.7 Å². The SMILES string of the molecule is CCOC(=O)c1cc(C(F)(F)F)c2c3ccccc3ccn12. The first-order chi connectivity index (χ1) is 10.4. The summed E-state index contributed by atoms with van der Waals surface area (Å²) in [6, 6.07) is 9.27. The average Bonchev–Trinajstić information content (AvgIpc) is 2.87. The monoisotopic (exact) mass is 307 g/mol. The Kier molecular flexibility index (Phi) is 3.31. The lowest BCUT2D eigenvalue weighted by Gasteiger charge is -2.08. The molecule has 0 unspecified atom stereocenters. The zero-order valence-electron chi connectivity index (χ0n) is 11.6. The molecule has 0 radical (unpaired) electrons. The third kappa shape index (κ3) is 2.20. The van der Waals surface area contributed by atoms with Crippen molar-refractivity contribution in [2.24, 2.45) is 0 Å². The lowest BCUT2D eigenvalue weighted by molar-refractivity contribution is -0.136. The quantitative estimate of drug-likeness (QED) is 0.661. The molecule has 0 N–H and O–H groups in total. The summed E-state index contributed by atoms with van der Waals surface area (Å²) in [6.07, 6.45) is -3.10. The molecule has 114 valence electrons. The van der Waals surface area contributed by atoms with Gasteiger partial charge in [-0.2, -0.15) is 13.2 Å². The van der Waals surface area contributed by atoms with Gasteiger partial charge in [0.1, 0.15) is 5.69 Å². The van der Waals surface area contributed by atoms with E-state index in [-0.39, 0.29) is 17.8 Å². The third-order valence-electron chi connectivity index (χ3n) is 3.45. The number of benzene rings is 1. The van der Waals surface area contributed by atoms with Crippen LogP contribution in [0.4, 0.5) is 13.2 Å². The largest absolute Gasteiger partial charge is 0.461 e. The molecule has 0 saturated carbocycles. The highest BCUT2D eigenvalue weighted by molar-refractivity contribution is 6.01. The molecule has 3 nitrogen and oxygen atoms in total. The van der Waals surface area contributed by atoms with Gasteiger partial charge in [-0.15, -0.1) is 0 Å². The van der Waals surface area contributed by atoms with Gasteiger partial charge in [-0.25, -0.2) is 4.79 Å². The van der Waals surface area contributed by atoms with Gasteiger partial charge in [0.2, 0.25) is 0 Å². The lowest BCUT2D eigenvalue weighted by atomic mass is 10.1. The Bertz CT molecular complexity index is 865. The van der Waals surface area contributed by atoms with Crippen LogP contribution < -0.4 is 0 Å². The number of alkyl halides is 3. The van der Waals surface area contributed by atoms with Crippen LogP contribution in [0.1, 0.15) is 23.0 Å². The molecule has 0 atom stereocenters. The Balaban J connectivity index is 2.41. The van der Waals surface area contributed by atoms with Gasteiger partial charge < -0.3 is 9.14 Å². The van der Waals surface area contributed by atoms with E-state index in [9.17, 15) is 18.0 Å². The van der Waals surface area contributed by atoms with Gasteiger partial charge in [0, 0.05) is 11.6 Å². The van der Waals surface area contributed by atoms with E-state index in [4.69, 9.17) is 4.74 Å². The lowest BCUT2D eigenvalue weighted by Crippen LogP contribution is -2.07. The molecule has 0 amide bonds. The van der Waals surface area contributed by atoms with Crippen molar-refractivity contribution in [3.05, 3.63) is 53.9 Å². The maximum Gasteiger partial charge on any atom is 0.418 e. The fourth-order valence-corrected chi connectivity index (χ4v) is 2.55. The number of nitrogens with zero attached hydrogens (tertiary/aromatic N) is 1. The highest BCUT2D eigenvalue weighted by Crippen LogP contribution is 2.37. The Labute approximate surface area is 123 Å². The standard InChI is InChI=1S/C16H12F3NO2/c1-2-22-15(21)13-9-12(16(17,18)19)14-11-6-4-3-5-10(11)7-8-20(13)14/h3-9H,2H2,1H3. The van der Waals surface area contributed by atoms with Crippen LogP contribution in [0.2, 0.25) is 0 Å². The van der Waals surface area contributed by atoms with Crippen LogP contribution in [0.5, 0.6) is 0 Å². The minimum atomic E-state index is -4.56. The number of hydrogen-bond donors (Lipinski definition) is 0. The number of carbonyl (C=O) groups is 1. The molecule has 0 aliphatic rings. The van der Waals surface area contributed by atoms with Crippen molar-refractivity contribution in [1.29, 1.82) is 0 Å². The number of ether oxygens (including phenoxy) is 1. The number of carbonyl (C=O) groups excluding carboxylic acids is 1. The molecule has 0 fully saturated rings. The molecule has 1 aromatic carbocycles. The summed E-state index contributed by atoms with van der Waals surface area (Å²) in [5.41, 5.74) is -1.00. The van der Waals surface area contributed by atoms with Gasteiger partial charge in [-0.1, -0.05) is 24.3 Å². The first-order valence-corrected chi connectivity index (χ1v) is 6.70. The van der Waals surface area contributed by atoms with Crippen LogP contribution in [0, 0.1) is 0 Å². The highest BCUT2D eigenvalue weighted by atomic mass is 19.4. The average molecular weight is 307 g/mol.